The van der Waals surface area contributed by atoms with Crippen LogP contribution in [0.4, 0.5) is 4.39 Å². The highest BCUT2D eigenvalue weighted by Crippen LogP contribution is 2.39. The SMILES string of the molecule is O=C(O)c1ccncc1CCC1(O)CCCc2c(F)cccc21. The summed E-state index contributed by atoms with van der Waals surface area (Å²) in [5.41, 5.74) is 0.854. The summed E-state index contributed by atoms with van der Waals surface area (Å²) in [5.74, 6) is -1.29. The maximum Gasteiger partial charge on any atom is 0.336 e. The Kier molecular flexibility index (Phi) is 4.13. The van der Waals surface area contributed by atoms with Crippen LogP contribution in [0, 0.1) is 5.82 Å². The minimum Gasteiger partial charge on any atom is -0.478 e. The van der Waals surface area contributed by atoms with Crippen LogP contribution in [0.2, 0.25) is 0 Å². The van der Waals surface area contributed by atoms with Gasteiger partial charge in [-0.2, -0.15) is 0 Å². The Balaban J connectivity index is 1.87. The van der Waals surface area contributed by atoms with Crippen molar-refractivity contribution in [3.63, 3.8) is 0 Å². The smallest absolute Gasteiger partial charge is 0.336 e. The Morgan fingerprint density at radius 1 is 1.35 bits per heavy atom. The Labute approximate surface area is 133 Å². The third-order valence-electron chi connectivity index (χ3n) is 4.58. The van der Waals surface area contributed by atoms with E-state index in [0.29, 0.717) is 48.8 Å². The molecule has 0 aliphatic heterocycles. The van der Waals surface area contributed by atoms with Crippen molar-refractivity contribution in [1.82, 2.24) is 4.98 Å². The molecule has 0 amide bonds. The van der Waals surface area contributed by atoms with Crippen molar-refractivity contribution in [2.45, 2.75) is 37.7 Å². The summed E-state index contributed by atoms with van der Waals surface area (Å²) < 4.78 is 13.9. The number of carboxylic acid groups (broad SMARTS) is 1. The number of halogens is 1. The minimum atomic E-state index is -1.12. The molecule has 1 unspecified atom stereocenters. The molecule has 0 radical (unpaired) electrons. The van der Waals surface area contributed by atoms with Crippen molar-refractivity contribution in [2.24, 2.45) is 0 Å². The fraction of sp³-hybridized carbons (Fsp3) is 0.333. The summed E-state index contributed by atoms with van der Waals surface area (Å²) in [6, 6.07) is 6.24. The molecule has 0 saturated heterocycles. The molecule has 2 aromatic rings. The lowest BCUT2D eigenvalue weighted by atomic mass is 9.76. The first-order valence-corrected chi connectivity index (χ1v) is 7.68. The van der Waals surface area contributed by atoms with Gasteiger partial charge in [-0.3, -0.25) is 4.98 Å². The zero-order chi connectivity index (χ0) is 16.4. The predicted molar refractivity (Wildman–Crippen MR) is 82.8 cm³/mol. The third kappa shape index (κ3) is 2.97. The molecule has 1 aliphatic rings. The first kappa shape index (κ1) is 15.6. The van der Waals surface area contributed by atoms with Gasteiger partial charge in [-0.1, -0.05) is 12.1 Å². The molecule has 1 aromatic carbocycles. The number of fused-ring (bicyclic) bond motifs is 1. The zero-order valence-corrected chi connectivity index (χ0v) is 12.6. The van der Waals surface area contributed by atoms with Crippen LogP contribution in [-0.4, -0.2) is 21.2 Å². The molecule has 0 saturated carbocycles. The molecule has 0 fully saturated rings. The van der Waals surface area contributed by atoms with Gasteiger partial charge >= 0.3 is 5.97 Å². The minimum absolute atomic E-state index is 0.193. The molecule has 0 bridgehead atoms. The van der Waals surface area contributed by atoms with Gasteiger partial charge in [-0.15, -0.1) is 0 Å². The quantitative estimate of drug-likeness (QED) is 0.909. The fourth-order valence-electron chi connectivity index (χ4n) is 3.38. The van der Waals surface area contributed by atoms with Crippen LogP contribution in [0.5, 0.6) is 0 Å². The van der Waals surface area contributed by atoms with Crippen LogP contribution < -0.4 is 0 Å². The Hall–Kier alpha value is -2.27. The van der Waals surface area contributed by atoms with Gasteiger partial charge in [0.1, 0.15) is 5.82 Å². The van der Waals surface area contributed by atoms with Gasteiger partial charge in [0.25, 0.3) is 0 Å². The van der Waals surface area contributed by atoms with Gasteiger partial charge < -0.3 is 10.2 Å². The molecule has 0 spiro atoms. The van der Waals surface area contributed by atoms with E-state index in [0.717, 1.165) is 0 Å². The summed E-state index contributed by atoms with van der Waals surface area (Å²) >= 11 is 0. The number of carboxylic acids is 1. The molecule has 120 valence electrons. The Morgan fingerprint density at radius 3 is 2.96 bits per heavy atom. The van der Waals surface area contributed by atoms with E-state index in [1.807, 2.05) is 0 Å². The summed E-state index contributed by atoms with van der Waals surface area (Å²) in [6.07, 6.45) is 5.55. The van der Waals surface area contributed by atoms with Crippen molar-refractivity contribution < 1.29 is 19.4 Å². The van der Waals surface area contributed by atoms with E-state index >= 15 is 0 Å². The lowest BCUT2D eigenvalue weighted by Gasteiger charge is -2.35. The highest BCUT2D eigenvalue weighted by Gasteiger charge is 2.35. The van der Waals surface area contributed by atoms with Gasteiger partial charge in [0.05, 0.1) is 11.2 Å². The average molecular weight is 315 g/mol. The number of hydrogen-bond donors (Lipinski definition) is 2. The topological polar surface area (TPSA) is 70.4 Å². The van der Waals surface area contributed by atoms with E-state index in [1.165, 1.54) is 24.5 Å². The first-order valence-electron chi connectivity index (χ1n) is 7.68. The number of pyridine rings is 1. The molecule has 2 N–H and O–H groups in total. The second-order valence-corrected chi connectivity index (χ2v) is 5.99. The molecule has 5 heteroatoms. The van der Waals surface area contributed by atoms with Gasteiger partial charge in [-0.05, 0) is 60.9 Å². The molecule has 3 rings (SSSR count). The second kappa shape index (κ2) is 6.08. The van der Waals surface area contributed by atoms with Crippen molar-refractivity contribution in [3.05, 3.63) is 64.7 Å². The zero-order valence-electron chi connectivity index (χ0n) is 12.6. The van der Waals surface area contributed by atoms with E-state index in [-0.39, 0.29) is 11.4 Å². The predicted octanol–water partition coefficient (Wildman–Crippen LogP) is 3.08. The summed E-state index contributed by atoms with van der Waals surface area (Å²) in [5, 5.41) is 20.2. The van der Waals surface area contributed by atoms with E-state index in [1.54, 1.807) is 12.1 Å². The van der Waals surface area contributed by atoms with Gasteiger partial charge in [0.2, 0.25) is 0 Å². The largest absolute Gasteiger partial charge is 0.478 e. The highest BCUT2D eigenvalue weighted by atomic mass is 19.1. The van der Waals surface area contributed by atoms with Crippen LogP contribution in [0.25, 0.3) is 0 Å². The number of rotatable bonds is 4. The third-order valence-corrected chi connectivity index (χ3v) is 4.58. The molecule has 23 heavy (non-hydrogen) atoms. The molecule has 4 nitrogen and oxygen atoms in total. The Morgan fingerprint density at radius 2 is 2.17 bits per heavy atom. The number of nitrogens with zero attached hydrogens (tertiary/aromatic N) is 1. The summed E-state index contributed by atoms with van der Waals surface area (Å²) in [4.78, 5) is 15.2. The second-order valence-electron chi connectivity index (χ2n) is 5.99. The van der Waals surface area contributed by atoms with Gasteiger partial charge in [-0.25, -0.2) is 9.18 Å². The van der Waals surface area contributed by atoms with Crippen LogP contribution >= 0.6 is 0 Å². The molecular weight excluding hydrogens is 297 g/mol. The number of benzene rings is 1. The lowest BCUT2D eigenvalue weighted by molar-refractivity contribution is 0.00955. The van der Waals surface area contributed by atoms with E-state index < -0.39 is 11.6 Å². The van der Waals surface area contributed by atoms with E-state index in [4.69, 9.17) is 0 Å². The maximum atomic E-state index is 13.9. The molecule has 1 aromatic heterocycles. The van der Waals surface area contributed by atoms with Crippen molar-refractivity contribution >= 4 is 5.97 Å². The van der Waals surface area contributed by atoms with Crippen molar-refractivity contribution in [1.29, 1.82) is 0 Å². The fourth-order valence-corrected chi connectivity index (χ4v) is 3.38. The maximum absolute atomic E-state index is 13.9. The number of carbonyl (C=O) groups is 1. The van der Waals surface area contributed by atoms with Crippen LogP contribution in [0.15, 0.2) is 36.7 Å². The van der Waals surface area contributed by atoms with Crippen LogP contribution in [-0.2, 0) is 18.4 Å². The number of aromatic nitrogens is 1. The van der Waals surface area contributed by atoms with Crippen LogP contribution in [0.3, 0.4) is 0 Å². The molecule has 1 heterocycles. The molecule has 1 aliphatic carbocycles. The summed E-state index contributed by atoms with van der Waals surface area (Å²) in [7, 11) is 0. The lowest BCUT2D eigenvalue weighted by Crippen LogP contribution is -2.32. The highest BCUT2D eigenvalue weighted by molar-refractivity contribution is 5.89. The first-order chi connectivity index (χ1) is 11.0. The standard InChI is InChI=1S/C18H18FNO3/c19-16-5-1-4-15-14(16)3-2-8-18(15,23)9-6-12-11-20-10-7-13(12)17(21)22/h1,4-5,7,10-11,23H,2-3,6,8-9H2,(H,21,22). The number of aryl methyl sites for hydroxylation is 1. The van der Waals surface area contributed by atoms with E-state index in [9.17, 15) is 19.4 Å². The molecule has 1 atom stereocenters. The normalized spacial score (nSPS) is 20.1. The monoisotopic (exact) mass is 315 g/mol. The van der Waals surface area contributed by atoms with Crippen molar-refractivity contribution in [2.75, 3.05) is 0 Å². The van der Waals surface area contributed by atoms with Crippen LogP contribution in [0.1, 0.15) is 46.3 Å². The van der Waals surface area contributed by atoms with Gasteiger partial charge in [0.15, 0.2) is 0 Å². The van der Waals surface area contributed by atoms with Gasteiger partial charge in [0, 0.05) is 12.4 Å². The van der Waals surface area contributed by atoms with Crippen molar-refractivity contribution in [3.8, 4) is 0 Å². The molecular formula is C18H18FNO3. The average Bonchev–Trinajstić information content (AvgIpc) is 2.54. The Bertz CT molecular complexity index is 747. The summed E-state index contributed by atoms with van der Waals surface area (Å²) in [6.45, 7) is 0. The number of hydrogen-bond acceptors (Lipinski definition) is 3. The van der Waals surface area contributed by atoms with E-state index in [2.05, 4.69) is 4.98 Å². The number of aliphatic hydroxyl groups is 1. The number of aromatic carboxylic acids is 1.